The monoisotopic (exact) mass is 562 g/mol. The van der Waals surface area contributed by atoms with Crippen molar-refractivity contribution in [1.29, 1.82) is 5.26 Å². The lowest BCUT2D eigenvalue weighted by Crippen LogP contribution is -2.39. The third kappa shape index (κ3) is 6.90. The van der Waals surface area contributed by atoms with Crippen molar-refractivity contribution in [3.05, 3.63) is 94.9 Å². The van der Waals surface area contributed by atoms with E-state index >= 15 is 0 Å². The van der Waals surface area contributed by atoms with E-state index in [2.05, 4.69) is 43.4 Å². The fraction of sp³-hybridized carbons (Fsp3) is 0.303. The Morgan fingerprint density at radius 3 is 2.38 bits per heavy atom. The molecule has 0 unspecified atom stereocenters. The van der Waals surface area contributed by atoms with Crippen molar-refractivity contribution in [2.75, 3.05) is 25.0 Å². The second-order valence-electron chi connectivity index (χ2n) is 10.4. The minimum Gasteiger partial charge on any atom is -0.462 e. The van der Waals surface area contributed by atoms with Crippen LogP contribution in [0.2, 0.25) is 0 Å². The zero-order valence-corrected chi connectivity index (χ0v) is 24.1. The predicted molar refractivity (Wildman–Crippen MR) is 160 cm³/mol. The minimum atomic E-state index is -0.534. The highest BCUT2D eigenvalue weighted by atomic mass is 16.5. The van der Waals surface area contributed by atoms with E-state index in [0.717, 1.165) is 54.7 Å². The molecule has 0 radical (unpaired) electrons. The number of anilines is 1. The van der Waals surface area contributed by atoms with Crippen LogP contribution in [0.25, 0.3) is 11.1 Å². The largest absolute Gasteiger partial charge is 0.462 e. The number of hydrogen-bond donors (Lipinski definition) is 1. The maximum absolute atomic E-state index is 12.8. The fourth-order valence-corrected chi connectivity index (χ4v) is 5.14. The second-order valence-corrected chi connectivity index (χ2v) is 10.4. The Hall–Kier alpha value is -4.81. The number of pyridine rings is 1. The first-order valence-corrected chi connectivity index (χ1v) is 14.1. The molecule has 0 saturated carbocycles. The van der Waals surface area contributed by atoms with Crippen molar-refractivity contribution in [2.24, 2.45) is 0 Å². The molecule has 4 aromatic rings. The van der Waals surface area contributed by atoms with Gasteiger partial charge >= 0.3 is 5.97 Å². The van der Waals surface area contributed by atoms with E-state index in [9.17, 15) is 4.79 Å². The molecule has 3 heterocycles. The first-order valence-electron chi connectivity index (χ1n) is 14.1. The van der Waals surface area contributed by atoms with E-state index in [-0.39, 0.29) is 24.1 Å². The number of carbonyl (C=O) groups is 1. The summed E-state index contributed by atoms with van der Waals surface area (Å²) >= 11 is 0. The van der Waals surface area contributed by atoms with Gasteiger partial charge < -0.3 is 14.8 Å². The summed E-state index contributed by atoms with van der Waals surface area (Å²) in [5, 5.41) is 12.6. The number of aromatic nitrogens is 3. The highest BCUT2D eigenvalue weighted by Gasteiger charge is 2.23. The molecule has 0 atom stereocenters. The lowest BCUT2D eigenvalue weighted by Gasteiger charge is -2.32. The third-order valence-corrected chi connectivity index (χ3v) is 7.33. The molecule has 1 saturated heterocycles. The average molecular weight is 563 g/mol. The second kappa shape index (κ2) is 13.2. The molecule has 9 heteroatoms. The average Bonchev–Trinajstić information content (AvgIpc) is 3.00. The molecular weight excluding hydrogens is 528 g/mol. The van der Waals surface area contributed by atoms with Gasteiger partial charge in [-0.3, -0.25) is 9.88 Å². The van der Waals surface area contributed by atoms with Gasteiger partial charge in [-0.1, -0.05) is 12.1 Å². The number of piperidine rings is 1. The van der Waals surface area contributed by atoms with E-state index < -0.39 is 5.97 Å². The highest BCUT2D eigenvalue weighted by Crippen LogP contribution is 2.34. The normalized spacial score (nSPS) is 13.8. The Labute approximate surface area is 246 Å². The summed E-state index contributed by atoms with van der Waals surface area (Å²) in [6.45, 7) is 8.71. The molecule has 5 rings (SSSR count). The number of aryl methyl sites for hydroxylation is 2. The van der Waals surface area contributed by atoms with Crippen LogP contribution < -0.4 is 10.1 Å². The van der Waals surface area contributed by atoms with E-state index in [1.54, 1.807) is 19.1 Å². The number of carbonyl (C=O) groups excluding carboxylic acids is 1. The summed E-state index contributed by atoms with van der Waals surface area (Å²) in [4.78, 5) is 28.4. The van der Waals surface area contributed by atoms with Gasteiger partial charge in [0.15, 0.2) is 0 Å². The zero-order valence-electron chi connectivity index (χ0n) is 24.1. The molecule has 0 spiro atoms. The Bertz CT molecular complexity index is 1550. The van der Waals surface area contributed by atoms with Gasteiger partial charge in [0.05, 0.1) is 24.4 Å². The van der Waals surface area contributed by atoms with Crippen LogP contribution in [-0.2, 0) is 11.3 Å². The van der Waals surface area contributed by atoms with Gasteiger partial charge in [-0.15, -0.1) is 0 Å². The van der Waals surface area contributed by atoms with Gasteiger partial charge in [-0.05, 0) is 97.8 Å². The van der Waals surface area contributed by atoms with Crippen LogP contribution in [0.3, 0.4) is 0 Å². The van der Waals surface area contributed by atoms with Gasteiger partial charge in [-0.2, -0.15) is 10.2 Å². The molecule has 2 aromatic carbocycles. The molecule has 1 aliphatic rings. The van der Waals surface area contributed by atoms with Crippen LogP contribution in [0, 0.1) is 25.2 Å². The molecule has 0 bridgehead atoms. The van der Waals surface area contributed by atoms with Gasteiger partial charge in [-0.25, -0.2) is 9.78 Å². The maximum atomic E-state index is 12.8. The lowest BCUT2D eigenvalue weighted by atomic mass is 9.99. The molecule has 1 aliphatic heterocycles. The number of rotatable bonds is 9. The summed E-state index contributed by atoms with van der Waals surface area (Å²) in [6, 6.07) is 18.0. The van der Waals surface area contributed by atoms with Gasteiger partial charge in [0.25, 0.3) is 0 Å². The Morgan fingerprint density at radius 2 is 1.74 bits per heavy atom. The molecule has 1 fully saturated rings. The topological polar surface area (TPSA) is 113 Å². The summed E-state index contributed by atoms with van der Waals surface area (Å²) in [6.07, 6.45) is 7.01. The minimum absolute atomic E-state index is 0.151. The number of likely N-dealkylation sites (tertiary alicyclic amines) is 1. The van der Waals surface area contributed by atoms with Crippen LogP contribution in [0.4, 0.5) is 5.95 Å². The molecule has 0 aliphatic carbocycles. The SMILES string of the molecule is CCOC(=O)c1cnc(NC2CCN(Cc3ccncc3)CC2)nc1Oc1c(C)cc(-c2ccc(C#N)cc2)cc1C. The Balaban J connectivity index is 1.33. The molecule has 2 aromatic heterocycles. The predicted octanol–water partition coefficient (Wildman–Crippen LogP) is 6.07. The molecule has 1 N–H and O–H groups in total. The smallest absolute Gasteiger partial charge is 0.345 e. The summed E-state index contributed by atoms with van der Waals surface area (Å²) in [7, 11) is 0. The van der Waals surface area contributed by atoms with Crippen molar-refractivity contribution in [3.63, 3.8) is 0 Å². The van der Waals surface area contributed by atoms with Crippen LogP contribution in [0.5, 0.6) is 11.6 Å². The molecule has 214 valence electrons. The quantitative estimate of drug-likeness (QED) is 0.243. The van der Waals surface area contributed by atoms with Gasteiger partial charge in [0.2, 0.25) is 11.8 Å². The molecule has 0 amide bonds. The molecule has 9 nitrogen and oxygen atoms in total. The van der Waals surface area contributed by atoms with Gasteiger partial charge in [0, 0.05) is 38.1 Å². The van der Waals surface area contributed by atoms with Crippen LogP contribution >= 0.6 is 0 Å². The fourth-order valence-electron chi connectivity index (χ4n) is 5.14. The number of benzene rings is 2. The van der Waals surface area contributed by atoms with Crippen LogP contribution in [0.15, 0.2) is 67.1 Å². The van der Waals surface area contributed by atoms with E-state index in [1.165, 1.54) is 11.8 Å². The van der Waals surface area contributed by atoms with Crippen LogP contribution in [0.1, 0.15) is 52.4 Å². The summed E-state index contributed by atoms with van der Waals surface area (Å²) < 4.78 is 11.6. The zero-order chi connectivity index (χ0) is 29.5. The van der Waals surface area contributed by atoms with Crippen molar-refractivity contribution in [1.82, 2.24) is 19.9 Å². The molecule has 42 heavy (non-hydrogen) atoms. The Morgan fingerprint density at radius 1 is 1.05 bits per heavy atom. The number of nitriles is 1. The standard InChI is InChI=1S/C33H34N6O3/c1-4-41-32(40)29-20-36-33(37-28-11-15-39(16-12-28)21-25-9-13-35-14-10-25)38-31(29)42-30-22(2)17-27(18-23(30)3)26-7-5-24(19-34)6-8-26/h5-10,13-14,17-18,20,28H,4,11-12,15-16,21H2,1-3H3,(H,36,37,38). The summed E-state index contributed by atoms with van der Waals surface area (Å²) in [5.41, 5.74) is 5.82. The number of nitrogens with one attached hydrogen (secondary N) is 1. The lowest BCUT2D eigenvalue weighted by molar-refractivity contribution is 0.0522. The first-order chi connectivity index (χ1) is 20.4. The van der Waals surface area contributed by atoms with E-state index in [4.69, 9.17) is 14.7 Å². The van der Waals surface area contributed by atoms with Crippen molar-refractivity contribution >= 4 is 11.9 Å². The van der Waals surface area contributed by atoms with Crippen LogP contribution in [-0.4, -0.2) is 51.6 Å². The van der Waals surface area contributed by atoms with Gasteiger partial charge in [0.1, 0.15) is 11.3 Å². The maximum Gasteiger partial charge on any atom is 0.345 e. The van der Waals surface area contributed by atoms with E-state index in [1.807, 2.05) is 50.5 Å². The number of esters is 1. The van der Waals surface area contributed by atoms with Crippen molar-refractivity contribution in [3.8, 4) is 28.8 Å². The first kappa shape index (κ1) is 28.7. The highest BCUT2D eigenvalue weighted by molar-refractivity contribution is 5.91. The molecular formula is C33H34N6O3. The van der Waals surface area contributed by atoms with Crippen molar-refractivity contribution < 1.29 is 14.3 Å². The van der Waals surface area contributed by atoms with E-state index in [0.29, 0.717) is 17.3 Å². The number of hydrogen-bond acceptors (Lipinski definition) is 9. The Kier molecular flexibility index (Phi) is 9.05. The number of ether oxygens (including phenoxy) is 2. The third-order valence-electron chi connectivity index (χ3n) is 7.33. The summed E-state index contributed by atoms with van der Waals surface area (Å²) in [5.74, 6) is 0.647. The van der Waals surface area contributed by atoms with Crippen molar-refractivity contribution in [2.45, 2.75) is 46.2 Å². The number of nitrogens with zero attached hydrogens (tertiary/aromatic N) is 5.